The Morgan fingerprint density at radius 3 is 2.41 bits per heavy atom. The third-order valence-corrected chi connectivity index (χ3v) is 5.43. The van der Waals surface area contributed by atoms with E-state index in [1.165, 1.54) is 17.0 Å². The van der Waals surface area contributed by atoms with Crippen molar-refractivity contribution in [2.45, 2.75) is 13.3 Å². The molecular formula is C26H23FN2O3. The van der Waals surface area contributed by atoms with Crippen molar-refractivity contribution in [3.63, 3.8) is 0 Å². The van der Waals surface area contributed by atoms with E-state index in [1.807, 2.05) is 55.5 Å². The van der Waals surface area contributed by atoms with E-state index in [0.29, 0.717) is 12.1 Å². The first-order chi connectivity index (χ1) is 15.4. The molecule has 162 valence electrons. The number of rotatable bonds is 7. The van der Waals surface area contributed by atoms with E-state index in [2.05, 4.69) is 4.98 Å². The van der Waals surface area contributed by atoms with E-state index in [0.717, 1.165) is 33.2 Å². The van der Waals surface area contributed by atoms with Crippen LogP contribution in [0.2, 0.25) is 0 Å². The predicted octanol–water partition coefficient (Wildman–Crippen LogP) is 5.05. The van der Waals surface area contributed by atoms with Gasteiger partial charge in [0, 0.05) is 23.0 Å². The minimum Gasteiger partial charge on any atom is -0.480 e. The van der Waals surface area contributed by atoms with Gasteiger partial charge in [-0.05, 0) is 48.7 Å². The summed E-state index contributed by atoms with van der Waals surface area (Å²) >= 11 is 0. The number of aryl methyl sites for hydroxylation is 1. The standard InChI is InChI=1S/C26H23FN2O3/c1-17-7-12-22-21(15-17)24(19-5-3-2-4-6-19)25(28-22)26(32)29(16-23(30)31)14-13-18-8-10-20(27)11-9-18/h2-12,15,28H,13-14,16H2,1H3,(H,30,31). The van der Waals surface area contributed by atoms with Gasteiger partial charge in [0.2, 0.25) is 0 Å². The monoisotopic (exact) mass is 430 g/mol. The number of hydrogen-bond acceptors (Lipinski definition) is 2. The summed E-state index contributed by atoms with van der Waals surface area (Å²) in [5.41, 5.74) is 4.69. The van der Waals surface area contributed by atoms with Crippen LogP contribution in [0, 0.1) is 12.7 Å². The second-order valence-corrected chi connectivity index (χ2v) is 7.79. The SMILES string of the molecule is Cc1ccc2[nH]c(C(=O)N(CCc3ccc(F)cc3)CC(=O)O)c(-c3ccccc3)c2c1. The number of benzene rings is 3. The van der Waals surface area contributed by atoms with Crippen LogP contribution in [-0.2, 0) is 11.2 Å². The maximum absolute atomic E-state index is 13.6. The molecule has 6 heteroatoms. The first-order valence-corrected chi connectivity index (χ1v) is 10.4. The fourth-order valence-corrected chi connectivity index (χ4v) is 3.86. The highest BCUT2D eigenvalue weighted by atomic mass is 19.1. The highest BCUT2D eigenvalue weighted by Gasteiger charge is 2.25. The Kier molecular flexibility index (Phi) is 6.03. The fraction of sp³-hybridized carbons (Fsp3) is 0.154. The highest BCUT2D eigenvalue weighted by Crippen LogP contribution is 2.33. The van der Waals surface area contributed by atoms with Crippen LogP contribution in [-0.4, -0.2) is 40.0 Å². The summed E-state index contributed by atoms with van der Waals surface area (Å²) in [6.07, 6.45) is 0.416. The second kappa shape index (κ2) is 9.06. The highest BCUT2D eigenvalue weighted by molar-refractivity contribution is 6.10. The number of nitrogens with zero attached hydrogens (tertiary/aromatic N) is 1. The molecule has 5 nitrogen and oxygen atoms in total. The van der Waals surface area contributed by atoms with E-state index in [4.69, 9.17) is 0 Å². The van der Waals surface area contributed by atoms with E-state index < -0.39 is 12.5 Å². The molecule has 0 radical (unpaired) electrons. The van der Waals surface area contributed by atoms with Crippen molar-refractivity contribution < 1.29 is 19.1 Å². The Balaban J connectivity index is 1.73. The Morgan fingerprint density at radius 1 is 1.00 bits per heavy atom. The third-order valence-electron chi connectivity index (χ3n) is 5.43. The second-order valence-electron chi connectivity index (χ2n) is 7.79. The number of hydrogen-bond donors (Lipinski definition) is 2. The number of halogens is 1. The molecule has 3 aromatic carbocycles. The Bertz CT molecular complexity index is 1260. The zero-order valence-corrected chi connectivity index (χ0v) is 17.6. The predicted molar refractivity (Wildman–Crippen MR) is 122 cm³/mol. The number of aliphatic carboxylic acids is 1. The lowest BCUT2D eigenvalue weighted by molar-refractivity contribution is -0.137. The molecule has 0 spiro atoms. The van der Waals surface area contributed by atoms with Gasteiger partial charge in [0.25, 0.3) is 5.91 Å². The maximum atomic E-state index is 13.6. The largest absolute Gasteiger partial charge is 0.480 e. The average molecular weight is 430 g/mol. The van der Waals surface area contributed by atoms with Crippen molar-refractivity contribution in [3.8, 4) is 11.1 Å². The number of carbonyl (C=O) groups excluding carboxylic acids is 1. The molecule has 1 amide bonds. The molecule has 4 aromatic rings. The fourth-order valence-electron chi connectivity index (χ4n) is 3.86. The lowest BCUT2D eigenvalue weighted by Crippen LogP contribution is -2.37. The van der Waals surface area contributed by atoms with E-state index in [9.17, 15) is 19.1 Å². The topological polar surface area (TPSA) is 73.4 Å². The average Bonchev–Trinajstić information content (AvgIpc) is 3.16. The molecule has 4 rings (SSSR count). The van der Waals surface area contributed by atoms with Gasteiger partial charge in [0.1, 0.15) is 18.1 Å². The van der Waals surface area contributed by atoms with E-state index in [-0.39, 0.29) is 18.3 Å². The van der Waals surface area contributed by atoms with Gasteiger partial charge in [-0.3, -0.25) is 9.59 Å². The zero-order chi connectivity index (χ0) is 22.7. The van der Waals surface area contributed by atoms with Crippen LogP contribution in [0.1, 0.15) is 21.6 Å². The molecule has 0 saturated heterocycles. The van der Waals surface area contributed by atoms with E-state index in [1.54, 1.807) is 12.1 Å². The molecule has 0 saturated carbocycles. The van der Waals surface area contributed by atoms with Crippen LogP contribution in [0.3, 0.4) is 0 Å². The van der Waals surface area contributed by atoms with Crippen molar-refractivity contribution in [1.82, 2.24) is 9.88 Å². The smallest absolute Gasteiger partial charge is 0.323 e. The number of amides is 1. The quantitative estimate of drug-likeness (QED) is 0.431. The van der Waals surface area contributed by atoms with Gasteiger partial charge in [0.15, 0.2) is 0 Å². The molecule has 1 heterocycles. The van der Waals surface area contributed by atoms with Crippen molar-refractivity contribution >= 4 is 22.8 Å². The summed E-state index contributed by atoms with van der Waals surface area (Å²) in [5.74, 6) is -1.82. The number of carboxylic acids is 1. The lowest BCUT2D eigenvalue weighted by Gasteiger charge is -2.21. The van der Waals surface area contributed by atoms with Crippen molar-refractivity contribution in [2.75, 3.05) is 13.1 Å². The molecule has 0 atom stereocenters. The van der Waals surface area contributed by atoms with Crippen molar-refractivity contribution in [1.29, 1.82) is 0 Å². The third kappa shape index (κ3) is 4.54. The molecule has 1 aromatic heterocycles. The van der Waals surface area contributed by atoms with Gasteiger partial charge in [-0.15, -0.1) is 0 Å². The number of nitrogens with one attached hydrogen (secondary N) is 1. The van der Waals surface area contributed by atoms with Gasteiger partial charge in [0.05, 0.1) is 0 Å². The first-order valence-electron chi connectivity index (χ1n) is 10.4. The number of carbonyl (C=O) groups is 2. The Hall–Kier alpha value is -3.93. The van der Waals surface area contributed by atoms with E-state index >= 15 is 0 Å². The number of carboxylic acid groups (broad SMARTS) is 1. The normalized spacial score (nSPS) is 10.9. The summed E-state index contributed by atoms with van der Waals surface area (Å²) in [5, 5.41) is 10.3. The van der Waals surface area contributed by atoms with Crippen LogP contribution in [0.25, 0.3) is 22.0 Å². The first kappa shape index (κ1) is 21.3. The zero-order valence-electron chi connectivity index (χ0n) is 17.6. The summed E-state index contributed by atoms with van der Waals surface area (Å²) in [4.78, 5) is 29.6. The van der Waals surface area contributed by atoms with Gasteiger partial charge >= 0.3 is 5.97 Å². The molecular weight excluding hydrogens is 407 g/mol. The van der Waals surface area contributed by atoms with Crippen molar-refractivity contribution in [2.24, 2.45) is 0 Å². The van der Waals surface area contributed by atoms with Gasteiger partial charge in [-0.2, -0.15) is 0 Å². The minimum atomic E-state index is -1.09. The molecule has 0 bridgehead atoms. The van der Waals surface area contributed by atoms with Crippen molar-refractivity contribution in [3.05, 3.63) is 95.4 Å². The maximum Gasteiger partial charge on any atom is 0.323 e. The van der Waals surface area contributed by atoms with Crippen LogP contribution in [0.15, 0.2) is 72.8 Å². The molecule has 0 unspecified atom stereocenters. The van der Waals surface area contributed by atoms with Crippen LogP contribution < -0.4 is 0 Å². The summed E-state index contributed by atoms with van der Waals surface area (Å²) < 4.78 is 13.2. The molecule has 2 N–H and O–H groups in total. The molecule has 0 aliphatic heterocycles. The summed E-state index contributed by atoms with van der Waals surface area (Å²) in [6.45, 7) is 1.75. The summed E-state index contributed by atoms with van der Waals surface area (Å²) in [7, 11) is 0. The molecule has 0 aliphatic carbocycles. The number of H-pyrrole nitrogens is 1. The number of aromatic amines is 1. The summed E-state index contributed by atoms with van der Waals surface area (Å²) in [6, 6.07) is 21.5. The van der Waals surface area contributed by atoms with Crippen LogP contribution >= 0.6 is 0 Å². The van der Waals surface area contributed by atoms with Crippen LogP contribution in [0.5, 0.6) is 0 Å². The van der Waals surface area contributed by atoms with Gasteiger partial charge in [-0.25, -0.2) is 4.39 Å². The van der Waals surface area contributed by atoms with Crippen LogP contribution in [0.4, 0.5) is 4.39 Å². The van der Waals surface area contributed by atoms with Gasteiger partial charge in [-0.1, -0.05) is 54.1 Å². The number of fused-ring (bicyclic) bond motifs is 1. The Morgan fingerprint density at radius 2 is 1.72 bits per heavy atom. The lowest BCUT2D eigenvalue weighted by atomic mass is 10.00. The Labute approximate surface area is 185 Å². The minimum absolute atomic E-state index is 0.194. The van der Waals surface area contributed by atoms with Gasteiger partial charge < -0.3 is 15.0 Å². The molecule has 0 fully saturated rings. The molecule has 0 aliphatic rings. The molecule has 32 heavy (non-hydrogen) atoms. The number of aromatic nitrogens is 1.